The molecular formula is C17H27N3. The molecule has 2 heterocycles. The van der Waals surface area contributed by atoms with Crippen LogP contribution in [0.3, 0.4) is 0 Å². The van der Waals surface area contributed by atoms with Crippen LogP contribution >= 0.6 is 0 Å². The summed E-state index contributed by atoms with van der Waals surface area (Å²) in [6, 6.07) is 5.21. The Morgan fingerprint density at radius 1 is 1.25 bits per heavy atom. The third-order valence-electron chi connectivity index (χ3n) is 4.87. The first-order valence-corrected chi connectivity index (χ1v) is 8.35. The maximum Gasteiger partial charge on any atom is 0.127 e. The van der Waals surface area contributed by atoms with E-state index < -0.39 is 0 Å². The Kier molecular flexibility index (Phi) is 4.44. The molecule has 2 aliphatic rings. The van der Waals surface area contributed by atoms with Gasteiger partial charge in [0.2, 0.25) is 0 Å². The van der Waals surface area contributed by atoms with Gasteiger partial charge in [-0.2, -0.15) is 0 Å². The molecule has 1 N–H and O–H groups in total. The van der Waals surface area contributed by atoms with E-state index >= 15 is 0 Å². The van der Waals surface area contributed by atoms with Crippen LogP contribution in [0.2, 0.25) is 0 Å². The second kappa shape index (κ2) is 6.47. The molecule has 3 nitrogen and oxygen atoms in total. The van der Waals surface area contributed by atoms with Crippen molar-refractivity contribution in [1.29, 1.82) is 0 Å². The van der Waals surface area contributed by atoms with Crippen LogP contribution in [-0.2, 0) is 0 Å². The molecule has 1 aromatic rings. The number of hydrogen-bond acceptors (Lipinski definition) is 3. The van der Waals surface area contributed by atoms with Crippen LogP contribution in [0.4, 0.5) is 11.5 Å². The molecule has 1 aliphatic carbocycles. The number of pyridine rings is 1. The summed E-state index contributed by atoms with van der Waals surface area (Å²) in [6.07, 6.45) is 11.5. The molecule has 2 fully saturated rings. The van der Waals surface area contributed by atoms with Gasteiger partial charge >= 0.3 is 0 Å². The van der Waals surface area contributed by atoms with Crippen molar-refractivity contribution in [3.05, 3.63) is 18.3 Å². The summed E-state index contributed by atoms with van der Waals surface area (Å²) in [4.78, 5) is 7.10. The average molecular weight is 273 g/mol. The van der Waals surface area contributed by atoms with E-state index in [1.807, 2.05) is 6.20 Å². The van der Waals surface area contributed by atoms with Crippen LogP contribution in [0.15, 0.2) is 18.3 Å². The van der Waals surface area contributed by atoms with Crippen molar-refractivity contribution in [2.24, 2.45) is 5.92 Å². The van der Waals surface area contributed by atoms with Gasteiger partial charge in [0.15, 0.2) is 0 Å². The standard InChI is InChI=1S/C17H27N3/c1-2-10-18-17-13-15(9-11-19-17)20-12-5-7-14-6-3-4-8-16(14)20/h9,11,13-14,16H,2-8,10,12H2,1H3,(H,18,19). The molecule has 2 unspecified atom stereocenters. The monoisotopic (exact) mass is 273 g/mol. The van der Waals surface area contributed by atoms with Gasteiger partial charge in [-0.15, -0.1) is 0 Å². The minimum Gasteiger partial charge on any atom is -0.370 e. The summed E-state index contributed by atoms with van der Waals surface area (Å²) in [5.41, 5.74) is 1.37. The fraction of sp³-hybridized carbons (Fsp3) is 0.706. The predicted molar refractivity (Wildman–Crippen MR) is 85.3 cm³/mol. The van der Waals surface area contributed by atoms with Crippen molar-refractivity contribution in [3.8, 4) is 0 Å². The van der Waals surface area contributed by atoms with E-state index in [4.69, 9.17) is 0 Å². The topological polar surface area (TPSA) is 28.2 Å². The lowest BCUT2D eigenvalue weighted by molar-refractivity contribution is 0.244. The Hall–Kier alpha value is -1.25. The first-order valence-electron chi connectivity index (χ1n) is 8.35. The maximum absolute atomic E-state index is 4.44. The van der Waals surface area contributed by atoms with Gasteiger partial charge in [0, 0.05) is 37.1 Å². The summed E-state index contributed by atoms with van der Waals surface area (Å²) in [6.45, 7) is 4.41. The molecule has 0 spiro atoms. The highest BCUT2D eigenvalue weighted by Crippen LogP contribution is 2.37. The van der Waals surface area contributed by atoms with Gasteiger partial charge in [-0.1, -0.05) is 19.8 Å². The Morgan fingerprint density at radius 3 is 3.00 bits per heavy atom. The van der Waals surface area contributed by atoms with Crippen molar-refractivity contribution < 1.29 is 0 Å². The van der Waals surface area contributed by atoms with Crippen LogP contribution in [0.25, 0.3) is 0 Å². The number of nitrogens with one attached hydrogen (secondary N) is 1. The quantitative estimate of drug-likeness (QED) is 0.896. The number of hydrogen-bond donors (Lipinski definition) is 1. The van der Waals surface area contributed by atoms with E-state index in [0.29, 0.717) is 0 Å². The van der Waals surface area contributed by atoms with Crippen LogP contribution in [0.1, 0.15) is 51.9 Å². The number of fused-ring (bicyclic) bond motifs is 1. The number of anilines is 2. The summed E-state index contributed by atoms with van der Waals surface area (Å²) >= 11 is 0. The molecule has 1 aromatic heterocycles. The fourth-order valence-corrected chi connectivity index (χ4v) is 3.89. The van der Waals surface area contributed by atoms with Gasteiger partial charge in [-0.25, -0.2) is 4.98 Å². The zero-order valence-electron chi connectivity index (χ0n) is 12.6. The van der Waals surface area contributed by atoms with E-state index in [1.165, 1.54) is 50.8 Å². The summed E-state index contributed by atoms with van der Waals surface area (Å²) in [7, 11) is 0. The van der Waals surface area contributed by atoms with Gasteiger partial charge in [0.05, 0.1) is 0 Å². The molecule has 0 bridgehead atoms. The third-order valence-corrected chi connectivity index (χ3v) is 4.87. The number of nitrogens with zero attached hydrogens (tertiary/aromatic N) is 2. The second-order valence-electron chi connectivity index (χ2n) is 6.27. The van der Waals surface area contributed by atoms with E-state index in [1.54, 1.807) is 0 Å². The molecule has 1 saturated heterocycles. The maximum atomic E-state index is 4.44. The highest BCUT2D eigenvalue weighted by Gasteiger charge is 2.33. The normalized spacial score (nSPS) is 26.1. The van der Waals surface area contributed by atoms with Gasteiger partial charge in [-0.3, -0.25) is 0 Å². The summed E-state index contributed by atoms with van der Waals surface area (Å²) in [5, 5.41) is 3.41. The SMILES string of the molecule is CCCNc1cc(N2CCCC3CCCCC32)ccn1. The molecule has 110 valence electrons. The van der Waals surface area contributed by atoms with Crippen LogP contribution in [-0.4, -0.2) is 24.1 Å². The molecule has 3 heteroatoms. The second-order valence-corrected chi connectivity index (χ2v) is 6.27. The van der Waals surface area contributed by atoms with Crippen molar-refractivity contribution in [1.82, 2.24) is 4.98 Å². The highest BCUT2D eigenvalue weighted by molar-refractivity contribution is 5.55. The first kappa shape index (κ1) is 13.7. The van der Waals surface area contributed by atoms with Gasteiger partial charge in [0.25, 0.3) is 0 Å². The highest BCUT2D eigenvalue weighted by atomic mass is 15.2. The lowest BCUT2D eigenvalue weighted by Crippen LogP contribution is -2.46. The van der Waals surface area contributed by atoms with Crippen molar-refractivity contribution >= 4 is 11.5 Å². The largest absolute Gasteiger partial charge is 0.370 e. The van der Waals surface area contributed by atoms with Crippen LogP contribution < -0.4 is 10.2 Å². The Balaban J connectivity index is 1.76. The fourth-order valence-electron chi connectivity index (χ4n) is 3.89. The smallest absolute Gasteiger partial charge is 0.127 e. The molecule has 0 aromatic carbocycles. The van der Waals surface area contributed by atoms with Gasteiger partial charge in [-0.05, 0) is 44.1 Å². The van der Waals surface area contributed by atoms with Crippen LogP contribution in [0, 0.1) is 5.92 Å². The van der Waals surface area contributed by atoms with Crippen molar-refractivity contribution in [2.45, 2.75) is 57.9 Å². The molecule has 1 saturated carbocycles. The molecule has 0 radical (unpaired) electrons. The van der Waals surface area contributed by atoms with E-state index in [0.717, 1.165) is 30.7 Å². The molecule has 20 heavy (non-hydrogen) atoms. The number of aromatic nitrogens is 1. The average Bonchev–Trinajstić information content (AvgIpc) is 2.52. The summed E-state index contributed by atoms with van der Waals surface area (Å²) in [5.74, 6) is 1.96. The lowest BCUT2D eigenvalue weighted by Gasteiger charge is -2.45. The minimum atomic E-state index is 0.777. The van der Waals surface area contributed by atoms with Crippen molar-refractivity contribution in [2.75, 3.05) is 23.3 Å². The molecule has 1 aliphatic heterocycles. The molecule has 3 rings (SSSR count). The first-order chi connectivity index (χ1) is 9.88. The lowest BCUT2D eigenvalue weighted by atomic mass is 9.78. The van der Waals surface area contributed by atoms with Crippen LogP contribution in [0.5, 0.6) is 0 Å². The Bertz CT molecular complexity index is 430. The Morgan fingerprint density at radius 2 is 2.10 bits per heavy atom. The predicted octanol–water partition coefficient (Wildman–Crippen LogP) is 4.06. The molecule has 2 atom stereocenters. The Labute approximate surface area is 122 Å². The number of piperidine rings is 1. The zero-order chi connectivity index (χ0) is 13.8. The molecule has 0 amide bonds. The van der Waals surface area contributed by atoms with E-state index in [-0.39, 0.29) is 0 Å². The third kappa shape index (κ3) is 2.92. The van der Waals surface area contributed by atoms with Crippen molar-refractivity contribution in [3.63, 3.8) is 0 Å². The van der Waals surface area contributed by atoms with Gasteiger partial charge < -0.3 is 10.2 Å². The summed E-state index contributed by atoms with van der Waals surface area (Å²) < 4.78 is 0. The number of rotatable bonds is 4. The zero-order valence-corrected chi connectivity index (χ0v) is 12.6. The molecular weight excluding hydrogens is 246 g/mol. The van der Waals surface area contributed by atoms with E-state index in [2.05, 4.69) is 34.3 Å². The van der Waals surface area contributed by atoms with Gasteiger partial charge in [0.1, 0.15) is 5.82 Å². The minimum absolute atomic E-state index is 0.777. The van der Waals surface area contributed by atoms with E-state index in [9.17, 15) is 0 Å².